The van der Waals surface area contributed by atoms with Gasteiger partial charge in [0.2, 0.25) is 5.91 Å². The number of piperidine rings is 1. The van der Waals surface area contributed by atoms with Crippen molar-refractivity contribution >= 4 is 17.3 Å². The number of nitro groups is 1. The minimum absolute atomic E-state index is 0.0407. The van der Waals surface area contributed by atoms with Crippen LogP contribution in [0.15, 0.2) is 18.2 Å². The molecule has 1 aromatic carbocycles. The monoisotopic (exact) mass is 345 g/mol. The van der Waals surface area contributed by atoms with Crippen LogP contribution in [-0.2, 0) is 11.0 Å². The molecule has 1 aromatic rings. The summed E-state index contributed by atoms with van der Waals surface area (Å²) in [5, 5.41) is 13.4. The normalized spacial score (nSPS) is 18.3. The van der Waals surface area contributed by atoms with Crippen molar-refractivity contribution in [1.29, 1.82) is 0 Å². The van der Waals surface area contributed by atoms with Crippen LogP contribution in [0.5, 0.6) is 0 Å². The van der Waals surface area contributed by atoms with E-state index in [1.165, 1.54) is 6.92 Å². The second-order valence-electron chi connectivity index (χ2n) is 5.85. The van der Waals surface area contributed by atoms with E-state index in [-0.39, 0.29) is 17.5 Å². The molecule has 0 saturated carbocycles. The summed E-state index contributed by atoms with van der Waals surface area (Å²) >= 11 is 0. The van der Waals surface area contributed by atoms with Crippen LogP contribution in [0.25, 0.3) is 0 Å². The number of nitrogens with one attached hydrogen (secondary N) is 1. The lowest BCUT2D eigenvalue weighted by Gasteiger charge is -2.35. The van der Waals surface area contributed by atoms with E-state index in [2.05, 4.69) is 5.32 Å². The summed E-state index contributed by atoms with van der Waals surface area (Å²) in [6.07, 6.45) is -3.17. The van der Waals surface area contributed by atoms with Gasteiger partial charge in [-0.3, -0.25) is 14.9 Å². The Bertz CT molecular complexity index is 634. The van der Waals surface area contributed by atoms with Crippen LogP contribution in [-0.4, -0.2) is 30.5 Å². The Balaban J connectivity index is 2.26. The highest BCUT2D eigenvalue weighted by molar-refractivity contribution is 5.72. The first-order valence-corrected chi connectivity index (χ1v) is 7.53. The fourth-order valence-corrected chi connectivity index (χ4v) is 2.88. The molecule has 1 amide bonds. The summed E-state index contributed by atoms with van der Waals surface area (Å²) in [5.41, 5.74) is -1.64. The molecule has 1 aliphatic rings. The maximum Gasteiger partial charge on any atom is 0.418 e. The first kappa shape index (κ1) is 18.0. The van der Waals surface area contributed by atoms with Crippen molar-refractivity contribution in [2.24, 2.45) is 5.92 Å². The molecule has 9 heteroatoms. The largest absolute Gasteiger partial charge is 0.418 e. The predicted molar refractivity (Wildman–Crippen MR) is 81.7 cm³/mol. The smallest absolute Gasteiger partial charge is 0.371 e. The number of benzene rings is 1. The minimum Gasteiger partial charge on any atom is -0.371 e. The topological polar surface area (TPSA) is 75.5 Å². The SMILES string of the molecule is CC(=O)NC[C@H]1CCCN(c2ccc([N+](=O)[O-])cc2C(F)(F)F)C1. The van der Waals surface area contributed by atoms with E-state index in [0.29, 0.717) is 32.1 Å². The van der Waals surface area contributed by atoms with Crippen molar-refractivity contribution in [2.45, 2.75) is 25.9 Å². The Labute approximate surface area is 136 Å². The summed E-state index contributed by atoms with van der Waals surface area (Å²) in [7, 11) is 0. The van der Waals surface area contributed by atoms with E-state index in [1.807, 2.05) is 0 Å². The molecule has 1 saturated heterocycles. The third kappa shape index (κ3) is 4.36. The number of hydrogen-bond acceptors (Lipinski definition) is 4. The molecule has 0 aromatic heterocycles. The number of halogens is 3. The van der Waals surface area contributed by atoms with E-state index in [9.17, 15) is 28.1 Å². The zero-order valence-corrected chi connectivity index (χ0v) is 13.1. The Morgan fingerprint density at radius 1 is 1.46 bits per heavy atom. The van der Waals surface area contributed by atoms with Gasteiger partial charge in [0.25, 0.3) is 5.69 Å². The summed E-state index contributed by atoms with van der Waals surface area (Å²) in [5.74, 6) is -0.141. The van der Waals surface area contributed by atoms with Gasteiger partial charge in [-0.15, -0.1) is 0 Å². The average molecular weight is 345 g/mol. The minimum atomic E-state index is -4.67. The van der Waals surface area contributed by atoms with Crippen LogP contribution in [0.1, 0.15) is 25.3 Å². The second kappa shape index (κ2) is 7.06. The lowest BCUT2D eigenvalue weighted by atomic mass is 9.96. The van der Waals surface area contributed by atoms with E-state index in [4.69, 9.17) is 0 Å². The second-order valence-corrected chi connectivity index (χ2v) is 5.85. The van der Waals surface area contributed by atoms with Crippen molar-refractivity contribution in [2.75, 3.05) is 24.5 Å². The highest BCUT2D eigenvalue weighted by atomic mass is 19.4. The van der Waals surface area contributed by atoms with Crippen LogP contribution in [0, 0.1) is 16.0 Å². The van der Waals surface area contributed by atoms with Gasteiger partial charge in [0.1, 0.15) is 0 Å². The van der Waals surface area contributed by atoms with Gasteiger partial charge < -0.3 is 10.2 Å². The number of nitrogens with zero attached hydrogens (tertiary/aromatic N) is 2. The maximum atomic E-state index is 13.3. The quantitative estimate of drug-likeness (QED) is 0.672. The summed E-state index contributed by atoms with van der Waals surface area (Å²) < 4.78 is 39.9. The van der Waals surface area contributed by atoms with Crippen molar-refractivity contribution in [3.8, 4) is 0 Å². The third-order valence-electron chi connectivity index (χ3n) is 4.00. The van der Waals surface area contributed by atoms with E-state index < -0.39 is 22.4 Å². The molecule has 0 radical (unpaired) electrons. The third-order valence-corrected chi connectivity index (χ3v) is 4.00. The van der Waals surface area contributed by atoms with Gasteiger partial charge in [-0.25, -0.2) is 0 Å². The van der Waals surface area contributed by atoms with Crippen molar-refractivity contribution in [3.05, 3.63) is 33.9 Å². The van der Waals surface area contributed by atoms with Crippen LogP contribution < -0.4 is 10.2 Å². The molecule has 0 bridgehead atoms. The molecule has 0 aliphatic carbocycles. The number of amides is 1. The van der Waals surface area contributed by atoms with Crippen molar-refractivity contribution < 1.29 is 22.9 Å². The van der Waals surface area contributed by atoms with Gasteiger partial charge in [-0.2, -0.15) is 13.2 Å². The average Bonchev–Trinajstić information content (AvgIpc) is 2.51. The number of rotatable bonds is 4. The number of hydrogen-bond donors (Lipinski definition) is 1. The number of nitro benzene ring substituents is 1. The maximum absolute atomic E-state index is 13.3. The fraction of sp³-hybridized carbons (Fsp3) is 0.533. The molecule has 1 heterocycles. The van der Waals surface area contributed by atoms with Crippen LogP contribution in [0.2, 0.25) is 0 Å². The first-order chi connectivity index (χ1) is 11.2. The number of carbonyl (C=O) groups is 1. The lowest BCUT2D eigenvalue weighted by Crippen LogP contribution is -2.41. The molecule has 2 rings (SSSR count). The van der Waals surface area contributed by atoms with E-state index in [0.717, 1.165) is 18.6 Å². The van der Waals surface area contributed by atoms with Crippen LogP contribution in [0.4, 0.5) is 24.5 Å². The van der Waals surface area contributed by atoms with Crippen LogP contribution >= 0.6 is 0 Å². The van der Waals surface area contributed by atoms with E-state index >= 15 is 0 Å². The standard InChI is InChI=1S/C15H18F3N3O3/c1-10(22)19-8-11-3-2-6-20(9-11)14-5-4-12(21(23)24)7-13(14)15(16,17)18/h4-5,7,11H,2-3,6,8-9H2,1H3,(H,19,22)/t11-/m1/s1. The Kier molecular flexibility index (Phi) is 5.30. The molecular formula is C15H18F3N3O3. The number of non-ortho nitro benzene ring substituents is 1. The van der Waals surface area contributed by atoms with Gasteiger partial charge in [-0.05, 0) is 24.8 Å². The zero-order valence-electron chi connectivity index (χ0n) is 13.1. The van der Waals surface area contributed by atoms with Crippen molar-refractivity contribution in [1.82, 2.24) is 5.32 Å². The number of alkyl halides is 3. The van der Waals surface area contributed by atoms with Crippen LogP contribution in [0.3, 0.4) is 0 Å². The Morgan fingerprint density at radius 3 is 2.75 bits per heavy atom. The highest BCUT2D eigenvalue weighted by Crippen LogP contribution is 2.39. The number of anilines is 1. The summed E-state index contributed by atoms with van der Waals surface area (Å²) in [6.45, 7) is 2.59. The molecule has 1 aliphatic heterocycles. The van der Waals surface area contributed by atoms with Gasteiger partial charge in [0.15, 0.2) is 0 Å². The fourth-order valence-electron chi connectivity index (χ4n) is 2.88. The number of carbonyl (C=O) groups excluding carboxylic acids is 1. The molecule has 6 nitrogen and oxygen atoms in total. The highest BCUT2D eigenvalue weighted by Gasteiger charge is 2.37. The molecule has 132 valence electrons. The predicted octanol–water partition coefficient (Wildman–Crippen LogP) is 2.97. The van der Waals surface area contributed by atoms with Gasteiger partial charge >= 0.3 is 6.18 Å². The Hall–Kier alpha value is -2.32. The van der Waals surface area contributed by atoms with Crippen molar-refractivity contribution in [3.63, 3.8) is 0 Å². The summed E-state index contributed by atoms with van der Waals surface area (Å²) in [4.78, 5) is 22.5. The van der Waals surface area contributed by atoms with Gasteiger partial charge in [0, 0.05) is 44.4 Å². The zero-order chi connectivity index (χ0) is 17.9. The molecule has 0 unspecified atom stereocenters. The molecule has 1 fully saturated rings. The lowest BCUT2D eigenvalue weighted by molar-refractivity contribution is -0.385. The first-order valence-electron chi connectivity index (χ1n) is 7.53. The molecular weight excluding hydrogens is 327 g/mol. The molecule has 0 spiro atoms. The van der Waals surface area contributed by atoms with Gasteiger partial charge in [-0.1, -0.05) is 0 Å². The van der Waals surface area contributed by atoms with E-state index in [1.54, 1.807) is 4.90 Å². The summed E-state index contributed by atoms with van der Waals surface area (Å²) in [6, 6.07) is 2.82. The molecule has 1 atom stereocenters. The van der Waals surface area contributed by atoms with Gasteiger partial charge in [0.05, 0.1) is 10.5 Å². The molecule has 24 heavy (non-hydrogen) atoms. The Morgan fingerprint density at radius 2 is 2.17 bits per heavy atom. The molecule has 1 N–H and O–H groups in total.